The van der Waals surface area contributed by atoms with E-state index in [2.05, 4.69) is 22.8 Å². The Bertz CT molecular complexity index is 412. The van der Waals surface area contributed by atoms with E-state index in [1.807, 2.05) is 25.1 Å². The third-order valence-electron chi connectivity index (χ3n) is 3.63. The maximum absolute atomic E-state index is 12.3. The molecule has 5 heteroatoms. The van der Waals surface area contributed by atoms with E-state index in [9.17, 15) is 4.79 Å². The molecular formula is C18H31N3O2. The molecule has 1 amide bonds. The number of hydrogen-bond donors (Lipinski definition) is 3. The Morgan fingerprint density at radius 2 is 2.00 bits per heavy atom. The van der Waals surface area contributed by atoms with E-state index in [-0.39, 0.29) is 11.9 Å². The van der Waals surface area contributed by atoms with Gasteiger partial charge in [0.25, 0.3) is 0 Å². The summed E-state index contributed by atoms with van der Waals surface area (Å²) < 4.78 is 5.28. The summed E-state index contributed by atoms with van der Waals surface area (Å²) in [4.78, 5) is 12.3. The van der Waals surface area contributed by atoms with Gasteiger partial charge in [0.05, 0.1) is 6.04 Å². The second kappa shape index (κ2) is 13.0. The van der Waals surface area contributed by atoms with Crippen LogP contribution in [0, 0.1) is 0 Å². The summed E-state index contributed by atoms with van der Waals surface area (Å²) in [6.07, 6.45) is 3.55. The van der Waals surface area contributed by atoms with Gasteiger partial charge in [0.2, 0.25) is 5.91 Å². The largest absolute Gasteiger partial charge is 0.382 e. The van der Waals surface area contributed by atoms with Crippen molar-refractivity contribution in [1.82, 2.24) is 10.6 Å². The number of unbranched alkanes of at least 4 members (excludes halogenated alkanes) is 1. The number of carbonyl (C=O) groups excluding carboxylic acids is 1. The van der Waals surface area contributed by atoms with Gasteiger partial charge in [-0.15, -0.1) is 0 Å². The minimum absolute atomic E-state index is 0.0643. The van der Waals surface area contributed by atoms with Crippen LogP contribution in [0.3, 0.4) is 0 Å². The van der Waals surface area contributed by atoms with Crippen LogP contribution in [0.5, 0.6) is 0 Å². The zero-order chi connectivity index (χ0) is 16.8. The molecule has 130 valence electrons. The van der Waals surface area contributed by atoms with Crippen LogP contribution in [0.2, 0.25) is 0 Å². The molecule has 1 aromatic carbocycles. The lowest BCUT2D eigenvalue weighted by Gasteiger charge is -2.18. The van der Waals surface area contributed by atoms with Crippen molar-refractivity contribution in [2.24, 2.45) is 5.73 Å². The summed E-state index contributed by atoms with van der Waals surface area (Å²) in [6, 6.07) is 9.96. The molecule has 0 spiro atoms. The number of amides is 1. The van der Waals surface area contributed by atoms with Crippen molar-refractivity contribution >= 4 is 5.91 Å². The highest BCUT2D eigenvalue weighted by Gasteiger charge is 2.16. The molecule has 0 fully saturated rings. The highest BCUT2D eigenvalue weighted by molar-refractivity contribution is 5.81. The molecule has 23 heavy (non-hydrogen) atoms. The van der Waals surface area contributed by atoms with Gasteiger partial charge < -0.3 is 21.1 Å². The Labute approximate surface area is 140 Å². The predicted octanol–water partition coefficient (Wildman–Crippen LogP) is 1.82. The molecule has 0 saturated carbocycles. The quantitative estimate of drug-likeness (QED) is 0.484. The standard InChI is InChI=1S/C18H31N3O2/c1-2-23-14-8-13-20-18(22)17(11-6-7-12-19)21-15-16-9-4-3-5-10-16/h3-5,9-10,17,21H,2,6-8,11-15,19H2,1H3,(H,20,22)/t17-/m0/s1. The van der Waals surface area contributed by atoms with E-state index in [1.54, 1.807) is 0 Å². The molecule has 5 nitrogen and oxygen atoms in total. The first-order valence-corrected chi connectivity index (χ1v) is 8.60. The number of benzene rings is 1. The van der Waals surface area contributed by atoms with Crippen molar-refractivity contribution in [3.63, 3.8) is 0 Å². The topological polar surface area (TPSA) is 76.4 Å². The number of ether oxygens (including phenoxy) is 1. The molecule has 0 aliphatic heterocycles. The maximum atomic E-state index is 12.3. The van der Waals surface area contributed by atoms with E-state index < -0.39 is 0 Å². The summed E-state index contributed by atoms with van der Waals surface area (Å²) in [6.45, 7) is 5.39. The average molecular weight is 321 g/mol. The minimum atomic E-state index is -0.172. The summed E-state index contributed by atoms with van der Waals surface area (Å²) in [7, 11) is 0. The van der Waals surface area contributed by atoms with Crippen molar-refractivity contribution < 1.29 is 9.53 Å². The molecular weight excluding hydrogens is 290 g/mol. The van der Waals surface area contributed by atoms with Gasteiger partial charge in [0.1, 0.15) is 0 Å². The monoisotopic (exact) mass is 321 g/mol. The van der Waals surface area contributed by atoms with E-state index in [4.69, 9.17) is 10.5 Å². The molecule has 0 unspecified atom stereocenters. The van der Waals surface area contributed by atoms with Gasteiger partial charge >= 0.3 is 0 Å². The zero-order valence-corrected chi connectivity index (χ0v) is 14.2. The molecule has 0 radical (unpaired) electrons. The fourth-order valence-corrected chi connectivity index (χ4v) is 2.31. The smallest absolute Gasteiger partial charge is 0.237 e. The third-order valence-corrected chi connectivity index (χ3v) is 3.63. The summed E-state index contributed by atoms with van der Waals surface area (Å²) in [5, 5.41) is 6.35. The molecule has 0 aromatic heterocycles. The number of nitrogens with one attached hydrogen (secondary N) is 2. The van der Waals surface area contributed by atoms with Crippen LogP contribution in [0.25, 0.3) is 0 Å². The van der Waals surface area contributed by atoms with Gasteiger partial charge in [-0.1, -0.05) is 36.8 Å². The first-order chi connectivity index (χ1) is 11.3. The number of nitrogens with two attached hydrogens (primary N) is 1. The third kappa shape index (κ3) is 9.33. The van der Waals surface area contributed by atoms with Crippen LogP contribution in [-0.2, 0) is 16.1 Å². The lowest BCUT2D eigenvalue weighted by Crippen LogP contribution is -2.44. The maximum Gasteiger partial charge on any atom is 0.237 e. The molecule has 1 atom stereocenters. The fourth-order valence-electron chi connectivity index (χ4n) is 2.31. The molecule has 0 aliphatic rings. The number of hydrogen-bond acceptors (Lipinski definition) is 4. The molecule has 0 bridgehead atoms. The van der Waals surface area contributed by atoms with Gasteiger partial charge in [-0.2, -0.15) is 0 Å². The van der Waals surface area contributed by atoms with Crippen molar-refractivity contribution in [3.05, 3.63) is 35.9 Å². The molecule has 4 N–H and O–H groups in total. The first-order valence-electron chi connectivity index (χ1n) is 8.60. The molecule has 1 rings (SSSR count). The lowest BCUT2D eigenvalue weighted by molar-refractivity contribution is -0.123. The van der Waals surface area contributed by atoms with Crippen molar-refractivity contribution in [2.45, 2.75) is 45.2 Å². The van der Waals surface area contributed by atoms with Crippen molar-refractivity contribution in [2.75, 3.05) is 26.3 Å². The van der Waals surface area contributed by atoms with Crippen LogP contribution in [0.1, 0.15) is 38.2 Å². The summed E-state index contributed by atoms with van der Waals surface area (Å²) in [5.74, 6) is 0.0643. The van der Waals surface area contributed by atoms with E-state index in [0.717, 1.165) is 25.7 Å². The van der Waals surface area contributed by atoms with Gasteiger partial charge in [0.15, 0.2) is 0 Å². The van der Waals surface area contributed by atoms with E-state index >= 15 is 0 Å². The van der Waals surface area contributed by atoms with Crippen LogP contribution in [0.4, 0.5) is 0 Å². The Balaban J connectivity index is 2.38. The lowest BCUT2D eigenvalue weighted by atomic mass is 10.1. The summed E-state index contributed by atoms with van der Waals surface area (Å²) in [5.41, 5.74) is 6.73. The summed E-state index contributed by atoms with van der Waals surface area (Å²) >= 11 is 0. The second-order valence-corrected chi connectivity index (χ2v) is 5.55. The van der Waals surface area contributed by atoms with Crippen molar-refractivity contribution in [3.8, 4) is 0 Å². The van der Waals surface area contributed by atoms with Gasteiger partial charge in [-0.05, 0) is 38.3 Å². The van der Waals surface area contributed by atoms with E-state index in [0.29, 0.717) is 32.8 Å². The number of carbonyl (C=O) groups is 1. The molecule has 0 aliphatic carbocycles. The van der Waals surface area contributed by atoms with Crippen molar-refractivity contribution in [1.29, 1.82) is 0 Å². The van der Waals surface area contributed by atoms with Crippen LogP contribution in [-0.4, -0.2) is 38.3 Å². The van der Waals surface area contributed by atoms with Gasteiger partial charge in [0, 0.05) is 26.3 Å². The first kappa shape index (κ1) is 19.6. The SMILES string of the molecule is CCOCCCNC(=O)[C@H](CCCCN)NCc1ccccc1. The normalized spacial score (nSPS) is 12.1. The Morgan fingerprint density at radius 3 is 2.70 bits per heavy atom. The van der Waals surface area contributed by atoms with Gasteiger partial charge in [-0.25, -0.2) is 0 Å². The van der Waals surface area contributed by atoms with Gasteiger partial charge in [-0.3, -0.25) is 4.79 Å². The molecule has 0 heterocycles. The predicted molar refractivity (Wildman–Crippen MR) is 94.1 cm³/mol. The van der Waals surface area contributed by atoms with Crippen LogP contribution >= 0.6 is 0 Å². The molecule has 0 saturated heterocycles. The average Bonchev–Trinajstić information content (AvgIpc) is 2.58. The highest BCUT2D eigenvalue weighted by atomic mass is 16.5. The van der Waals surface area contributed by atoms with E-state index in [1.165, 1.54) is 5.56 Å². The second-order valence-electron chi connectivity index (χ2n) is 5.55. The Morgan fingerprint density at radius 1 is 1.22 bits per heavy atom. The Hall–Kier alpha value is -1.43. The minimum Gasteiger partial charge on any atom is -0.382 e. The molecule has 1 aromatic rings. The number of rotatable bonds is 13. The fraction of sp³-hybridized carbons (Fsp3) is 0.611. The van der Waals surface area contributed by atoms with Crippen LogP contribution in [0.15, 0.2) is 30.3 Å². The Kier molecular flexibility index (Phi) is 11.1. The zero-order valence-electron chi connectivity index (χ0n) is 14.2. The van der Waals surface area contributed by atoms with Crippen LogP contribution < -0.4 is 16.4 Å². The highest BCUT2D eigenvalue weighted by Crippen LogP contribution is 2.04.